The molecule has 3 N–H and O–H groups in total. The van der Waals surface area contributed by atoms with Gasteiger partial charge in [0, 0.05) is 34.3 Å². The number of rotatable bonds is 3. The van der Waals surface area contributed by atoms with Gasteiger partial charge in [0.05, 0.1) is 29.4 Å². The Morgan fingerprint density at radius 3 is 2.79 bits per heavy atom. The van der Waals surface area contributed by atoms with Crippen LogP contribution in [0.2, 0.25) is 0 Å². The summed E-state index contributed by atoms with van der Waals surface area (Å²) in [4.78, 5) is 13.0. The van der Waals surface area contributed by atoms with E-state index in [9.17, 15) is 0 Å². The van der Waals surface area contributed by atoms with Crippen molar-refractivity contribution in [3.63, 3.8) is 0 Å². The monoisotopic (exact) mass is 384 g/mol. The van der Waals surface area contributed by atoms with E-state index in [1.807, 2.05) is 12.1 Å². The molecule has 7 heteroatoms. The average molecular weight is 384 g/mol. The van der Waals surface area contributed by atoms with Crippen molar-refractivity contribution >= 4 is 21.9 Å². The van der Waals surface area contributed by atoms with Crippen LogP contribution in [-0.4, -0.2) is 38.2 Å². The van der Waals surface area contributed by atoms with Crippen LogP contribution in [0.25, 0.3) is 44.6 Å². The van der Waals surface area contributed by atoms with E-state index >= 15 is 0 Å². The number of hydrogen-bond acceptors (Lipinski definition) is 5. The second-order valence-electron chi connectivity index (χ2n) is 7.54. The Kier molecular flexibility index (Phi) is 3.73. The lowest BCUT2D eigenvalue weighted by molar-refractivity contribution is 0.454. The van der Waals surface area contributed by atoms with Crippen LogP contribution in [0.5, 0.6) is 0 Å². The maximum absolute atomic E-state index is 5.24. The fourth-order valence-electron chi connectivity index (χ4n) is 4.26. The lowest BCUT2D eigenvalue weighted by Crippen LogP contribution is -2.27. The molecule has 0 radical (unpaired) electrons. The van der Waals surface area contributed by atoms with Crippen LogP contribution in [0.4, 0.5) is 0 Å². The average Bonchev–Trinajstić information content (AvgIpc) is 3.52. The van der Waals surface area contributed by atoms with Crippen molar-refractivity contribution in [2.24, 2.45) is 0 Å². The number of nitrogens with one attached hydrogen (secondary N) is 3. The van der Waals surface area contributed by atoms with Crippen molar-refractivity contribution in [3.05, 3.63) is 54.7 Å². The highest BCUT2D eigenvalue weighted by atomic mass is 16.3. The van der Waals surface area contributed by atoms with E-state index < -0.39 is 0 Å². The lowest BCUT2D eigenvalue weighted by Gasteiger charge is -2.22. The van der Waals surface area contributed by atoms with Gasteiger partial charge in [-0.3, -0.25) is 10.1 Å². The van der Waals surface area contributed by atoms with Crippen molar-refractivity contribution < 1.29 is 4.42 Å². The number of aromatic amines is 2. The molecule has 0 atom stereocenters. The number of piperidine rings is 1. The van der Waals surface area contributed by atoms with Gasteiger partial charge in [-0.05, 0) is 56.3 Å². The minimum atomic E-state index is 0.503. The number of pyridine rings is 2. The summed E-state index contributed by atoms with van der Waals surface area (Å²) in [6.07, 6.45) is 7.43. The summed E-state index contributed by atoms with van der Waals surface area (Å²) in [5, 5.41) is 12.2. The third-order valence-corrected chi connectivity index (χ3v) is 5.78. The zero-order valence-corrected chi connectivity index (χ0v) is 15.8. The second-order valence-corrected chi connectivity index (χ2v) is 7.54. The minimum Gasteiger partial charge on any atom is -0.472 e. The first-order chi connectivity index (χ1) is 14.4. The zero-order chi connectivity index (χ0) is 19.2. The topological polar surface area (TPSA) is 95.4 Å². The second kappa shape index (κ2) is 6.56. The molecule has 0 bridgehead atoms. The Morgan fingerprint density at radius 2 is 1.93 bits per heavy atom. The van der Waals surface area contributed by atoms with Crippen LogP contribution in [-0.2, 0) is 0 Å². The maximum Gasteiger partial charge on any atom is 0.135 e. The van der Waals surface area contributed by atoms with E-state index in [2.05, 4.69) is 43.7 Å². The number of H-pyrrole nitrogens is 2. The van der Waals surface area contributed by atoms with Crippen molar-refractivity contribution in [2.45, 2.75) is 18.8 Å². The van der Waals surface area contributed by atoms with Crippen LogP contribution < -0.4 is 5.32 Å². The van der Waals surface area contributed by atoms with Gasteiger partial charge in [-0.2, -0.15) is 5.10 Å². The molecule has 6 rings (SSSR count). The van der Waals surface area contributed by atoms with Gasteiger partial charge in [-0.25, -0.2) is 4.98 Å². The van der Waals surface area contributed by atoms with E-state index in [1.54, 1.807) is 18.7 Å². The molecule has 1 saturated heterocycles. The fourth-order valence-corrected chi connectivity index (χ4v) is 4.26. The Hall–Kier alpha value is -3.45. The van der Waals surface area contributed by atoms with Crippen molar-refractivity contribution in [1.82, 2.24) is 30.5 Å². The molecule has 29 heavy (non-hydrogen) atoms. The summed E-state index contributed by atoms with van der Waals surface area (Å²) >= 11 is 0. The summed E-state index contributed by atoms with van der Waals surface area (Å²) in [6.45, 7) is 2.10. The first-order valence-corrected chi connectivity index (χ1v) is 9.93. The van der Waals surface area contributed by atoms with Gasteiger partial charge in [0.1, 0.15) is 11.2 Å². The highest BCUT2D eigenvalue weighted by molar-refractivity contribution is 5.98. The maximum atomic E-state index is 5.24. The van der Waals surface area contributed by atoms with Gasteiger partial charge in [0.2, 0.25) is 0 Å². The molecule has 0 amide bonds. The van der Waals surface area contributed by atoms with Crippen LogP contribution >= 0.6 is 0 Å². The Balaban J connectivity index is 1.48. The molecule has 144 valence electrons. The van der Waals surface area contributed by atoms with Crippen LogP contribution in [0.3, 0.4) is 0 Å². The molecule has 0 aromatic carbocycles. The number of nitrogens with zero attached hydrogens (tertiary/aromatic N) is 3. The van der Waals surface area contributed by atoms with E-state index in [0.717, 1.165) is 76.2 Å². The molecular weight excluding hydrogens is 364 g/mol. The van der Waals surface area contributed by atoms with Crippen LogP contribution in [0.15, 0.2) is 53.5 Å². The molecular formula is C22H20N6O. The molecule has 0 aliphatic carbocycles. The number of fused-ring (bicyclic) bond motifs is 2. The Labute approximate surface area is 166 Å². The van der Waals surface area contributed by atoms with Gasteiger partial charge in [-0.15, -0.1) is 0 Å². The predicted octanol–water partition coefficient (Wildman–Crippen LogP) is 4.23. The number of hydrogen-bond donors (Lipinski definition) is 3. The molecule has 0 spiro atoms. The van der Waals surface area contributed by atoms with E-state index in [0.29, 0.717) is 5.92 Å². The van der Waals surface area contributed by atoms with Crippen LogP contribution in [0.1, 0.15) is 24.5 Å². The summed E-state index contributed by atoms with van der Waals surface area (Å²) in [6, 6.07) is 10.2. The largest absolute Gasteiger partial charge is 0.472 e. The third kappa shape index (κ3) is 2.74. The highest BCUT2D eigenvalue weighted by Gasteiger charge is 2.20. The minimum absolute atomic E-state index is 0.503. The number of aromatic nitrogens is 5. The molecule has 1 aliphatic rings. The van der Waals surface area contributed by atoms with Crippen molar-refractivity contribution in [3.8, 4) is 22.6 Å². The van der Waals surface area contributed by atoms with Gasteiger partial charge >= 0.3 is 0 Å². The van der Waals surface area contributed by atoms with Gasteiger partial charge in [0.25, 0.3) is 0 Å². The summed E-state index contributed by atoms with van der Waals surface area (Å²) in [7, 11) is 0. The Bertz CT molecular complexity index is 1290. The van der Waals surface area contributed by atoms with Crippen molar-refractivity contribution in [1.29, 1.82) is 0 Å². The van der Waals surface area contributed by atoms with E-state index in [4.69, 9.17) is 9.40 Å². The Morgan fingerprint density at radius 1 is 1.00 bits per heavy atom. The predicted molar refractivity (Wildman–Crippen MR) is 112 cm³/mol. The molecule has 6 heterocycles. The zero-order valence-electron chi connectivity index (χ0n) is 15.8. The standard InChI is InChI=1S/C22H20N6O/c1-2-18-21(26-16(1)13-3-7-23-8-4-13)22(28-27-18)19-11-15-17(25-19)5-9-24-20(15)14-6-10-29-12-14/h1-2,5-6,9-13,23,25H,3-4,7-8H2,(H,27,28). The van der Waals surface area contributed by atoms with Crippen molar-refractivity contribution in [2.75, 3.05) is 13.1 Å². The fraction of sp³-hybridized carbons (Fsp3) is 0.227. The summed E-state index contributed by atoms with van der Waals surface area (Å²) in [5.41, 5.74) is 7.63. The normalized spacial score (nSPS) is 15.4. The first-order valence-electron chi connectivity index (χ1n) is 9.93. The molecule has 5 aromatic heterocycles. The molecule has 5 aromatic rings. The summed E-state index contributed by atoms with van der Waals surface area (Å²) in [5.74, 6) is 0.503. The highest BCUT2D eigenvalue weighted by Crippen LogP contribution is 2.33. The SMILES string of the molecule is c1cc2[nH]c(-c3n[nH]c4ccc(C5CCNCC5)nc34)cc2c(-c2ccoc2)n1. The quantitative estimate of drug-likeness (QED) is 0.433. The molecule has 0 saturated carbocycles. The molecule has 0 unspecified atom stereocenters. The third-order valence-electron chi connectivity index (χ3n) is 5.78. The van der Waals surface area contributed by atoms with Gasteiger partial charge in [-0.1, -0.05) is 0 Å². The molecule has 1 fully saturated rings. The van der Waals surface area contributed by atoms with Gasteiger partial charge in [0.15, 0.2) is 0 Å². The van der Waals surface area contributed by atoms with Gasteiger partial charge < -0.3 is 14.7 Å². The van der Waals surface area contributed by atoms with Crippen LogP contribution in [0, 0.1) is 0 Å². The smallest absolute Gasteiger partial charge is 0.135 e. The summed E-state index contributed by atoms with van der Waals surface area (Å²) < 4.78 is 5.24. The molecule has 7 nitrogen and oxygen atoms in total. The molecule has 1 aliphatic heterocycles. The van der Waals surface area contributed by atoms with E-state index in [1.165, 1.54) is 0 Å². The lowest BCUT2D eigenvalue weighted by atomic mass is 9.94. The first kappa shape index (κ1) is 16.5. The van der Waals surface area contributed by atoms with E-state index in [-0.39, 0.29) is 0 Å². The number of furan rings is 1.